The molecular formula is C22H32N4O3. The highest BCUT2D eigenvalue weighted by molar-refractivity contribution is 5.80. The van der Waals surface area contributed by atoms with Gasteiger partial charge in [-0.2, -0.15) is 0 Å². The highest BCUT2D eigenvalue weighted by atomic mass is 16.5. The molecule has 5 rings (SSSR count). The van der Waals surface area contributed by atoms with Gasteiger partial charge in [-0.3, -0.25) is 9.59 Å². The highest BCUT2D eigenvalue weighted by Gasteiger charge is 2.45. The Kier molecular flexibility index (Phi) is 5.33. The van der Waals surface area contributed by atoms with Gasteiger partial charge in [0.15, 0.2) is 0 Å². The Balaban J connectivity index is 1.22. The van der Waals surface area contributed by atoms with Crippen molar-refractivity contribution in [2.75, 3.05) is 19.7 Å². The SMILES string of the molecule is O=C(Cc1cnc[nH]1)N[C@H]1C[C@H]2CN(C(=O)C3CCC3)C[C@H]2C[C@@H]1OCC1CC1. The molecule has 0 bridgehead atoms. The normalized spacial score (nSPS) is 31.9. The molecule has 0 spiro atoms. The lowest BCUT2D eigenvalue weighted by Crippen LogP contribution is -2.51. The summed E-state index contributed by atoms with van der Waals surface area (Å²) in [7, 11) is 0. The third-order valence-electron chi connectivity index (χ3n) is 7.38. The number of rotatable bonds is 7. The summed E-state index contributed by atoms with van der Waals surface area (Å²) in [5, 5.41) is 3.24. The first-order valence-corrected chi connectivity index (χ1v) is 11.3. The molecule has 158 valence electrons. The first-order chi connectivity index (χ1) is 14.2. The predicted octanol–water partition coefficient (Wildman–Crippen LogP) is 1.90. The molecule has 4 aliphatic rings. The highest BCUT2D eigenvalue weighted by Crippen LogP contribution is 2.40. The van der Waals surface area contributed by atoms with Gasteiger partial charge in [-0.25, -0.2) is 4.98 Å². The molecule has 3 aliphatic carbocycles. The quantitative estimate of drug-likeness (QED) is 0.732. The maximum Gasteiger partial charge on any atom is 0.226 e. The first-order valence-electron chi connectivity index (χ1n) is 11.3. The van der Waals surface area contributed by atoms with E-state index in [2.05, 4.69) is 20.2 Å². The van der Waals surface area contributed by atoms with Crippen LogP contribution in [0.3, 0.4) is 0 Å². The van der Waals surface area contributed by atoms with E-state index in [1.165, 1.54) is 19.3 Å². The average Bonchev–Trinajstić information content (AvgIpc) is 3.16. The minimum absolute atomic E-state index is 0.0121. The van der Waals surface area contributed by atoms with Crippen molar-refractivity contribution >= 4 is 11.8 Å². The largest absolute Gasteiger partial charge is 0.376 e. The van der Waals surface area contributed by atoms with Crippen LogP contribution in [-0.2, 0) is 20.7 Å². The van der Waals surface area contributed by atoms with Gasteiger partial charge in [0.1, 0.15) is 0 Å². The van der Waals surface area contributed by atoms with Crippen LogP contribution in [0, 0.1) is 23.7 Å². The number of nitrogens with one attached hydrogen (secondary N) is 2. The molecule has 2 amide bonds. The number of likely N-dealkylation sites (tertiary alicyclic amines) is 1. The van der Waals surface area contributed by atoms with Crippen molar-refractivity contribution in [3.8, 4) is 0 Å². The van der Waals surface area contributed by atoms with Gasteiger partial charge in [-0.05, 0) is 56.3 Å². The van der Waals surface area contributed by atoms with Crippen molar-refractivity contribution in [3.63, 3.8) is 0 Å². The van der Waals surface area contributed by atoms with Crippen molar-refractivity contribution in [1.82, 2.24) is 20.2 Å². The molecule has 29 heavy (non-hydrogen) atoms. The Morgan fingerprint density at radius 2 is 1.97 bits per heavy atom. The van der Waals surface area contributed by atoms with Crippen molar-refractivity contribution in [3.05, 3.63) is 18.2 Å². The van der Waals surface area contributed by atoms with Gasteiger partial charge in [0.05, 0.1) is 24.9 Å². The summed E-state index contributed by atoms with van der Waals surface area (Å²) in [6.45, 7) is 2.53. The Morgan fingerprint density at radius 3 is 2.62 bits per heavy atom. The fraction of sp³-hybridized carbons (Fsp3) is 0.773. The molecular weight excluding hydrogens is 368 g/mol. The van der Waals surface area contributed by atoms with Crippen LogP contribution in [0.1, 0.15) is 50.6 Å². The molecule has 3 saturated carbocycles. The topological polar surface area (TPSA) is 87.3 Å². The van der Waals surface area contributed by atoms with Crippen LogP contribution in [0.2, 0.25) is 0 Å². The molecule has 4 atom stereocenters. The monoisotopic (exact) mass is 400 g/mol. The molecule has 0 radical (unpaired) electrons. The number of hydrogen-bond acceptors (Lipinski definition) is 4. The zero-order chi connectivity index (χ0) is 19.8. The van der Waals surface area contributed by atoms with E-state index in [0.717, 1.165) is 51.1 Å². The lowest BCUT2D eigenvalue weighted by Gasteiger charge is -2.38. The number of fused-ring (bicyclic) bond motifs is 1. The van der Waals surface area contributed by atoms with Gasteiger partial charge in [0.25, 0.3) is 0 Å². The molecule has 2 N–H and O–H groups in total. The average molecular weight is 401 g/mol. The summed E-state index contributed by atoms with van der Waals surface area (Å²) in [6, 6.07) is 0.0316. The number of nitrogens with zero attached hydrogens (tertiary/aromatic N) is 2. The molecule has 2 heterocycles. The van der Waals surface area contributed by atoms with E-state index in [9.17, 15) is 9.59 Å². The maximum atomic E-state index is 12.7. The Morgan fingerprint density at radius 1 is 1.17 bits per heavy atom. The number of aromatic nitrogens is 2. The van der Waals surface area contributed by atoms with Crippen LogP contribution in [0.4, 0.5) is 0 Å². The second-order valence-corrected chi connectivity index (χ2v) is 9.61. The molecule has 1 saturated heterocycles. The van der Waals surface area contributed by atoms with Gasteiger partial charge in [0, 0.05) is 37.5 Å². The van der Waals surface area contributed by atoms with Gasteiger partial charge < -0.3 is 19.9 Å². The number of aromatic amines is 1. The third kappa shape index (κ3) is 4.34. The fourth-order valence-electron chi connectivity index (χ4n) is 5.20. The van der Waals surface area contributed by atoms with Crippen LogP contribution < -0.4 is 5.32 Å². The van der Waals surface area contributed by atoms with E-state index in [1.807, 2.05) is 0 Å². The maximum absolute atomic E-state index is 12.7. The number of ether oxygens (including phenoxy) is 1. The summed E-state index contributed by atoms with van der Waals surface area (Å²) in [5.41, 5.74) is 0.824. The Labute approximate surface area is 172 Å². The van der Waals surface area contributed by atoms with Gasteiger partial charge in [-0.15, -0.1) is 0 Å². The smallest absolute Gasteiger partial charge is 0.226 e. The minimum Gasteiger partial charge on any atom is -0.376 e. The molecule has 7 heteroatoms. The third-order valence-corrected chi connectivity index (χ3v) is 7.38. The fourth-order valence-corrected chi connectivity index (χ4v) is 5.20. The summed E-state index contributed by atoms with van der Waals surface area (Å²) < 4.78 is 6.30. The van der Waals surface area contributed by atoms with Crippen LogP contribution >= 0.6 is 0 Å². The van der Waals surface area contributed by atoms with E-state index >= 15 is 0 Å². The molecule has 1 aromatic heterocycles. The second kappa shape index (κ2) is 8.09. The van der Waals surface area contributed by atoms with Crippen LogP contribution in [0.25, 0.3) is 0 Å². The van der Waals surface area contributed by atoms with E-state index in [-0.39, 0.29) is 24.0 Å². The van der Waals surface area contributed by atoms with Crippen molar-refractivity contribution in [2.24, 2.45) is 23.7 Å². The van der Waals surface area contributed by atoms with Gasteiger partial charge in [0.2, 0.25) is 11.8 Å². The zero-order valence-electron chi connectivity index (χ0n) is 17.0. The van der Waals surface area contributed by atoms with Crippen LogP contribution in [0.5, 0.6) is 0 Å². The molecule has 4 fully saturated rings. The van der Waals surface area contributed by atoms with Crippen LogP contribution in [0.15, 0.2) is 12.5 Å². The van der Waals surface area contributed by atoms with E-state index in [1.54, 1.807) is 12.5 Å². The predicted molar refractivity (Wildman–Crippen MR) is 107 cm³/mol. The molecule has 0 aromatic carbocycles. The lowest BCUT2D eigenvalue weighted by molar-refractivity contribution is -0.137. The summed E-state index contributed by atoms with van der Waals surface area (Å²) in [6.07, 6.45) is 11.4. The standard InChI is InChI=1S/C22H32N4O3/c27-21(8-18-9-23-13-24-18)25-19-6-16-10-26(22(28)15-2-1-3-15)11-17(16)7-20(19)29-12-14-4-5-14/h9,13-17,19-20H,1-8,10-12H2,(H,23,24)(H,25,27)/t16-,17+,19-,20-/m0/s1. The molecule has 1 aromatic rings. The number of carbonyl (C=O) groups is 2. The number of hydrogen-bond donors (Lipinski definition) is 2. The lowest BCUT2D eigenvalue weighted by atomic mass is 9.77. The Bertz CT molecular complexity index is 728. The minimum atomic E-state index is 0.0121. The number of H-pyrrole nitrogens is 1. The number of imidazole rings is 1. The summed E-state index contributed by atoms with van der Waals surface area (Å²) in [4.78, 5) is 34.4. The second-order valence-electron chi connectivity index (χ2n) is 9.61. The van der Waals surface area contributed by atoms with E-state index in [0.29, 0.717) is 30.1 Å². The van der Waals surface area contributed by atoms with Gasteiger partial charge in [-0.1, -0.05) is 6.42 Å². The van der Waals surface area contributed by atoms with Crippen molar-refractivity contribution < 1.29 is 14.3 Å². The van der Waals surface area contributed by atoms with Crippen molar-refractivity contribution in [1.29, 1.82) is 0 Å². The molecule has 0 unspecified atom stereocenters. The Hall–Kier alpha value is -1.89. The van der Waals surface area contributed by atoms with E-state index in [4.69, 9.17) is 4.74 Å². The van der Waals surface area contributed by atoms with Crippen molar-refractivity contribution in [2.45, 2.75) is 63.5 Å². The summed E-state index contributed by atoms with van der Waals surface area (Å²) in [5.74, 6) is 2.32. The number of amides is 2. The molecule has 1 aliphatic heterocycles. The number of carbonyl (C=O) groups excluding carboxylic acids is 2. The van der Waals surface area contributed by atoms with E-state index < -0.39 is 0 Å². The molecule has 7 nitrogen and oxygen atoms in total. The zero-order valence-corrected chi connectivity index (χ0v) is 17.0. The first kappa shape index (κ1) is 19.1. The van der Waals surface area contributed by atoms with Gasteiger partial charge >= 0.3 is 0 Å². The van der Waals surface area contributed by atoms with Crippen LogP contribution in [-0.4, -0.2) is 58.5 Å². The summed E-state index contributed by atoms with van der Waals surface area (Å²) >= 11 is 0.